The molecule has 0 amide bonds. The van der Waals surface area contributed by atoms with Crippen molar-refractivity contribution in [2.75, 3.05) is 32.5 Å². The summed E-state index contributed by atoms with van der Waals surface area (Å²) in [7, 11) is -3.04. The third-order valence-electron chi connectivity index (χ3n) is 3.98. The molecule has 6 heteroatoms. The van der Waals surface area contributed by atoms with Crippen LogP contribution in [0.25, 0.3) is 0 Å². The normalized spacial score (nSPS) is 22.9. The highest BCUT2D eigenvalue weighted by Crippen LogP contribution is 2.20. The van der Waals surface area contributed by atoms with Gasteiger partial charge in [0.1, 0.15) is 0 Å². The molecule has 1 heterocycles. The van der Waals surface area contributed by atoms with Crippen molar-refractivity contribution in [1.29, 1.82) is 0 Å². The molecule has 0 radical (unpaired) electrons. The smallest absolute Gasteiger partial charge is 0.211 e. The zero-order chi connectivity index (χ0) is 13.8. The van der Waals surface area contributed by atoms with E-state index in [1.807, 2.05) is 0 Å². The minimum atomic E-state index is -3.04. The highest BCUT2D eigenvalue weighted by molar-refractivity contribution is 7.88. The summed E-state index contributed by atoms with van der Waals surface area (Å²) in [6.45, 7) is 6.29. The zero-order valence-corrected chi connectivity index (χ0v) is 12.5. The molecule has 0 aromatic heterocycles. The minimum Gasteiger partial charge on any atom is -0.396 e. The molecule has 0 aromatic rings. The average Bonchev–Trinajstić information content (AvgIpc) is 2.35. The maximum atomic E-state index is 11.4. The fraction of sp³-hybridized carbons (Fsp3) is 1.00. The molecule has 1 aliphatic heterocycles. The SMILES string of the molecule is CCC(C)(CO)CNC1CCN(S(C)(=O)=O)CC1. The quantitative estimate of drug-likeness (QED) is 0.738. The zero-order valence-electron chi connectivity index (χ0n) is 11.6. The van der Waals surface area contributed by atoms with Crippen LogP contribution < -0.4 is 5.32 Å². The summed E-state index contributed by atoms with van der Waals surface area (Å²) in [6, 6.07) is 0.362. The minimum absolute atomic E-state index is 0.0754. The van der Waals surface area contributed by atoms with Crippen LogP contribution in [0.15, 0.2) is 0 Å². The first-order valence-electron chi connectivity index (χ1n) is 6.60. The highest BCUT2D eigenvalue weighted by atomic mass is 32.2. The van der Waals surface area contributed by atoms with E-state index in [2.05, 4.69) is 19.2 Å². The van der Waals surface area contributed by atoms with Gasteiger partial charge in [-0.1, -0.05) is 13.8 Å². The van der Waals surface area contributed by atoms with Gasteiger partial charge < -0.3 is 10.4 Å². The average molecular weight is 278 g/mol. The van der Waals surface area contributed by atoms with E-state index < -0.39 is 10.0 Å². The second-order valence-corrected chi connectivity index (χ2v) is 7.62. The summed E-state index contributed by atoms with van der Waals surface area (Å²) in [4.78, 5) is 0. The lowest BCUT2D eigenvalue weighted by molar-refractivity contribution is 0.127. The Kier molecular flexibility index (Phi) is 5.58. The van der Waals surface area contributed by atoms with Crippen LogP contribution in [0.3, 0.4) is 0 Å². The van der Waals surface area contributed by atoms with Gasteiger partial charge >= 0.3 is 0 Å². The van der Waals surface area contributed by atoms with Gasteiger partial charge in [-0.05, 0) is 19.3 Å². The van der Waals surface area contributed by atoms with Crippen molar-refractivity contribution in [1.82, 2.24) is 9.62 Å². The standard InChI is InChI=1S/C12H26N2O3S/c1-4-12(2,10-15)9-13-11-5-7-14(8-6-11)18(3,16)17/h11,13,15H,4-10H2,1-3H3. The molecule has 0 aliphatic carbocycles. The largest absolute Gasteiger partial charge is 0.396 e. The Morgan fingerprint density at radius 3 is 2.33 bits per heavy atom. The van der Waals surface area contributed by atoms with E-state index in [0.717, 1.165) is 25.8 Å². The Morgan fingerprint density at radius 2 is 1.94 bits per heavy atom. The number of hydrogen-bond acceptors (Lipinski definition) is 4. The lowest BCUT2D eigenvalue weighted by atomic mass is 9.88. The van der Waals surface area contributed by atoms with E-state index in [9.17, 15) is 13.5 Å². The molecule has 1 fully saturated rings. The summed E-state index contributed by atoms with van der Waals surface area (Å²) < 4.78 is 24.3. The molecule has 0 aromatic carbocycles. The summed E-state index contributed by atoms with van der Waals surface area (Å²) in [5.74, 6) is 0. The van der Waals surface area contributed by atoms with Crippen LogP contribution in [-0.4, -0.2) is 56.4 Å². The molecule has 0 saturated carbocycles. The predicted octanol–water partition coefficient (Wildman–Crippen LogP) is 0.409. The van der Waals surface area contributed by atoms with Crippen LogP contribution in [0.5, 0.6) is 0 Å². The number of aliphatic hydroxyl groups excluding tert-OH is 1. The highest BCUT2D eigenvalue weighted by Gasteiger charge is 2.27. The van der Waals surface area contributed by atoms with Crippen molar-refractivity contribution in [3.63, 3.8) is 0 Å². The van der Waals surface area contributed by atoms with Crippen molar-refractivity contribution >= 4 is 10.0 Å². The molecule has 0 spiro atoms. The molecule has 1 saturated heterocycles. The third kappa shape index (κ3) is 4.50. The van der Waals surface area contributed by atoms with Crippen LogP contribution in [0, 0.1) is 5.41 Å². The summed E-state index contributed by atoms with van der Waals surface area (Å²) in [5, 5.41) is 12.8. The van der Waals surface area contributed by atoms with Gasteiger partial charge in [-0.25, -0.2) is 12.7 Å². The van der Waals surface area contributed by atoms with E-state index >= 15 is 0 Å². The number of rotatable bonds is 6. The lowest BCUT2D eigenvalue weighted by Gasteiger charge is -2.34. The van der Waals surface area contributed by atoms with E-state index in [1.165, 1.54) is 10.6 Å². The van der Waals surface area contributed by atoms with Gasteiger partial charge in [-0.15, -0.1) is 0 Å². The van der Waals surface area contributed by atoms with Crippen molar-refractivity contribution < 1.29 is 13.5 Å². The molecule has 2 N–H and O–H groups in total. The van der Waals surface area contributed by atoms with Crippen molar-refractivity contribution in [3.05, 3.63) is 0 Å². The predicted molar refractivity (Wildman–Crippen MR) is 72.9 cm³/mol. The molecule has 1 rings (SSSR count). The van der Waals surface area contributed by atoms with Gasteiger partial charge in [0.2, 0.25) is 10.0 Å². The van der Waals surface area contributed by atoms with E-state index in [1.54, 1.807) is 0 Å². The van der Waals surface area contributed by atoms with Gasteiger partial charge in [-0.2, -0.15) is 0 Å². The number of sulfonamides is 1. The Balaban J connectivity index is 2.36. The Hall–Kier alpha value is -0.170. The van der Waals surface area contributed by atoms with Gasteiger partial charge in [0.05, 0.1) is 6.26 Å². The van der Waals surface area contributed by atoms with Gasteiger partial charge in [0, 0.05) is 37.7 Å². The summed E-state index contributed by atoms with van der Waals surface area (Å²) in [5.41, 5.74) is -0.0754. The fourth-order valence-corrected chi connectivity index (χ4v) is 2.95. The maximum Gasteiger partial charge on any atom is 0.211 e. The summed E-state index contributed by atoms with van der Waals surface area (Å²) in [6.07, 6.45) is 3.88. The molecule has 1 atom stereocenters. The first kappa shape index (κ1) is 15.9. The topological polar surface area (TPSA) is 69.6 Å². The lowest BCUT2D eigenvalue weighted by Crippen LogP contribution is -2.47. The second-order valence-electron chi connectivity index (χ2n) is 5.64. The van der Waals surface area contributed by atoms with E-state index in [4.69, 9.17) is 0 Å². The molecule has 5 nitrogen and oxygen atoms in total. The Labute approximate surface area is 111 Å². The van der Waals surface area contributed by atoms with Crippen LogP contribution in [0.4, 0.5) is 0 Å². The Morgan fingerprint density at radius 1 is 1.39 bits per heavy atom. The molecule has 1 aliphatic rings. The van der Waals surface area contributed by atoms with Crippen molar-refractivity contribution in [3.8, 4) is 0 Å². The maximum absolute atomic E-state index is 11.4. The monoisotopic (exact) mass is 278 g/mol. The van der Waals surface area contributed by atoms with Crippen LogP contribution in [0.1, 0.15) is 33.1 Å². The van der Waals surface area contributed by atoms with Crippen LogP contribution >= 0.6 is 0 Å². The van der Waals surface area contributed by atoms with Crippen molar-refractivity contribution in [2.24, 2.45) is 5.41 Å². The number of piperidine rings is 1. The number of aliphatic hydroxyl groups is 1. The molecular weight excluding hydrogens is 252 g/mol. The summed E-state index contributed by atoms with van der Waals surface area (Å²) >= 11 is 0. The Bertz CT molecular complexity index is 344. The molecule has 108 valence electrons. The van der Waals surface area contributed by atoms with Crippen LogP contribution in [0.2, 0.25) is 0 Å². The van der Waals surface area contributed by atoms with Crippen molar-refractivity contribution in [2.45, 2.75) is 39.2 Å². The molecule has 1 unspecified atom stereocenters. The fourth-order valence-electron chi connectivity index (χ4n) is 2.08. The number of nitrogens with one attached hydrogen (secondary N) is 1. The second kappa shape index (κ2) is 6.32. The molecule has 18 heavy (non-hydrogen) atoms. The third-order valence-corrected chi connectivity index (χ3v) is 5.28. The van der Waals surface area contributed by atoms with Crippen LogP contribution in [-0.2, 0) is 10.0 Å². The van der Waals surface area contributed by atoms with E-state index in [-0.39, 0.29) is 12.0 Å². The number of nitrogens with zero attached hydrogens (tertiary/aromatic N) is 1. The first-order chi connectivity index (χ1) is 8.30. The first-order valence-corrected chi connectivity index (χ1v) is 8.45. The number of hydrogen-bond donors (Lipinski definition) is 2. The van der Waals surface area contributed by atoms with Gasteiger partial charge in [0.15, 0.2) is 0 Å². The van der Waals surface area contributed by atoms with E-state index in [0.29, 0.717) is 19.1 Å². The molecular formula is C12H26N2O3S. The molecule has 0 bridgehead atoms. The van der Waals surface area contributed by atoms with Gasteiger partial charge in [-0.3, -0.25) is 0 Å². The van der Waals surface area contributed by atoms with Gasteiger partial charge in [0.25, 0.3) is 0 Å².